The Morgan fingerprint density at radius 3 is 2.41 bits per heavy atom. The number of nitrogens with one attached hydrogen (secondary N) is 1. The lowest BCUT2D eigenvalue weighted by Gasteiger charge is -2.21. The van der Waals surface area contributed by atoms with Crippen LogP contribution in [0.4, 0.5) is 20.6 Å². The van der Waals surface area contributed by atoms with Crippen molar-refractivity contribution in [2.24, 2.45) is 0 Å². The summed E-state index contributed by atoms with van der Waals surface area (Å²) in [5, 5.41) is 2.76. The van der Waals surface area contributed by atoms with E-state index in [9.17, 15) is 18.8 Å². The van der Waals surface area contributed by atoms with Crippen LogP contribution in [0.5, 0.6) is 5.75 Å². The van der Waals surface area contributed by atoms with Gasteiger partial charge < -0.3 is 15.0 Å². The van der Waals surface area contributed by atoms with Crippen LogP contribution in [0.15, 0.2) is 78.9 Å². The van der Waals surface area contributed by atoms with Crippen molar-refractivity contribution in [2.45, 2.75) is 25.9 Å². The number of hydrogen-bond acceptors (Lipinski definition) is 4. The molecule has 0 unspecified atom stereocenters. The van der Waals surface area contributed by atoms with E-state index in [1.165, 1.54) is 23.1 Å². The fraction of sp³-hybridized carbons (Fsp3) is 0.192. The first kappa shape index (κ1) is 23.0. The van der Waals surface area contributed by atoms with Gasteiger partial charge in [-0.2, -0.15) is 0 Å². The zero-order valence-corrected chi connectivity index (χ0v) is 18.6. The van der Waals surface area contributed by atoms with Gasteiger partial charge in [0.15, 0.2) is 0 Å². The second-order valence-corrected chi connectivity index (χ2v) is 7.78. The van der Waals surface area contributed by atoms with Crippen molar-refractivity contribution in [1.29, 1.82) is 0 Å². The molecule has 1 saturated heterocycles. The third-order valence-electron chi connectivity index (χ3n) is 5.40. The highest BCUT2D eigenvalue weighted by atomic mass is 19.1. The van der Waals surface area contributed by atoms with Crippen LogP contribution in [0.25, 0.3) is 0 Å². The number of amides is 4. The van der Waals surface area contributed by atoms with Gasteiger partial charge in [-0.05, 0) is 61.0 Å². The van der Waals surface area contributed by atoms with Gasteiger partial charge >= 0.3 is 6.03 Å². The molecule has 1 atom stereocenters. The maximum atomic E-state index is 13.7. The Morgan fingerprint density at radius 2 is 1.74 bits per heavy atom. The molecule has 7 nitrogen and oxygen atoms in total. The third-order valence-corrected chi connectivity index (χ3v) is 5.40. The minimum atomic E-state index is -1.03. The van der Waals surface area contributed by atoms with Gasteiger partial charge in [0.25, 0.3) is 5.91 Å². The normalized spacial score (nSPS) is 15.5. The molecule has 0 saturated carbocycles. The van der Waals surface area contributed by atoms with Crippen LogP contribution >= 0.6 is 0 Å². The predicted molar refractivity (Wildman–Crippen MR) is 126 cm³/mol. The van der Waals surface area contributed by atoms with Gasteiger partial charge in [0.2, 0.25) is 5.91 Å². The molecule has 3 aromatic carbocycles. The molecule has 1 aliphatic heterocycles. The van der Waals surface area contributed by atoms with Crippen molar-refractivity contribution in [1.82, 2.24) is 4.90 Å². The monoisotopic (exact) mass is 461 g/mol. The lowest BCUT2D eigenvalue weighted by Crippen LogP contribution is -2.37. The number of imide groups is 1. The second kappa shape index (κ2) is 10.2. The summed E-state index contributed by atoms with van der Waals surface area (Å²) in [4.78, 5) is 41.7. The van der Waals surface area contributed by atoms with Gasteiger partial charge in [0.1, 0.15) is 17.6 Å². The van der Waals surface area contributed by atoms with E-state index in [2.05, 4.69) is 5.32 Å². The van der Waals surface area contributed by atoms with E-state index in [1.54, 1.807) is 60.7 Å². The van der Waals surface area contributed by atoms with Gasteiger partial charge in [-0.25, -0.2) is 14.1 Å². The molecular weight excluding hydrogens is 437 g/mol. The summed E-state index contributed by atoms with van der Waals surface area (Å²) in [7, 11) is 0. The Kier molecular flexibility index (Phi) is 6.87. The molecule has 0 aromatic heterocycles. The zero-order valence-electron chi connectivity index (χ0n) is 18.6. The van der Waals surface area contributed by atoms with Crippen LogP contribution in [0.3, 0.4) is 0 Å². The molecule has 4 rings (SSSR count). The predicted octanol–water partition coefficient (Wildman–Crippen LogP) is 4.59. The maximum absolute atomic E-state index is 13.7. The molecule has 0 radical (unpaired) electrons. The van der Waals surface area contributed by atoms with E-state index in [1.807, 2.05) is 6.92 Å². The average molecular weight is 461 g/mol. The Balaban J connectivity index is 1.55. The zero-order chi connectivity index (χ0) is 24.1. The first-order valence-corrected chi connectivity index (χ1v) is 10.9. The Bertz CT molecular complexity index is 1180. The average Bonchev–Trinajstić information content (AvgIpc) is 3.05. The van der Waals surface area contributed by atoms with Gasteiger partial charge in [-0.1, -0.05) is 30.3 Å². The highest BCUT2D eigenvalue weighted by Gasteiger charge is 2.46. The summed E-state index contributed by atoms with van der Waals surface area (Å²) >= 11 is 0. The van der Waals surface area contributed by atoms with E-state index in [0.717, 1.165) is 4.90 Å². The summed E-state index contributed by atoms with van der Waals surface area (Å²) in [5.74, 6) is -0.694. The third kappa shape index (κ3) is 5.06. The minimum absolute atomic E-state index is 0.00727. The van der Waals surface area contributed by atoms with Gasteiger partial charge in [0.05, 0.1) is 18.7 Å². The number of rotatable bonds is 8. The lowest BCUT2D eigenvalue weighted by atomic mass is 10.1. The highest BCUT2D eigenvalue weighted by Crippen LogP contribution is 2.28. The van der Waals surface area contributed by atoms with Crippen LogP contribution < -0.4 is 15.0 Å². The quantitative estimate of drug-likeness (QED) is 0.498. The Labute approximate surface area is 196 Å². The summed E-state index contributed by atoms with van der Waals surface area (Å²) in [5.41, 5.74) is 1.48. The SMILES string of the molecule is CCOc1ccc(NC(=O)C[C@H]2C(=O)N(c3ccccc3)C(=O)N2Cc2cccc(F)c2)cc1. The summed E-state index contributed by atoms with van der Waals surface area (Å²) in [6.45, 7) is 2.40. The second-order valence-electron chi connectivity index (χ2n) is 7.78. The van der Waals surface area contributed by atoms with Crippen molar-refractivity contribution in [3.05, 3.63) is 90.2 Å². The lowest BCUT2D eigenvalue weighted by molar-refractivity contribution is -0.124. The van der Waals surface area contributed by atoms with Crippen molar-refractivity contribution >= 4 is 29.2 Å². The maximum Gasteiger partial charge on any atom is 0.332 e. The van der Waals surface area contributed by atoms with Crippen molar-refractivity contribution in [3.63, 3.8) is 0 Å². The van der Waals surface area contributed by atoms with Crippen LogP contribution in [-0.4, -0.2) is 35.4 Å². The Hall–Kier alpha value is -4.20. The number of hydrogen-bond donors (Lipinski definition) is 1. The van der Waals surface area contributed by atoms with E-state index < -0.39 is 29.7 Å². The molecule has 1 heterocycles. The summed E-state index contributed by atoms with van der Waals surface area (Å²) < 4.78 is 19.1. The number of benzene rings is 3. The van der Waals surface area contributed by atoms with Crippen LogP contribution in [0, 0.1) is 5.82 Å². The highest BCUT2D eigenvalue weighted by molar-refractivity contribution is 6.22. The largest absolute Gasteiger partial charge is 0.494 e. The first-order chi connectivity index (χ1) is 16.5. The van der Waals surface area contributed by atoms with E-state index in [4.69, 9.17) is 4.74 Å². The first-order valence-electron chi connectivity index (χ1n) is 10.9. The van der Waals surface area contributed by atoms with Crippen LogP contribution in [-0.2, 0) is 16.1 Å². The number of urea groups is 1. The number of carbonyl (C=O) groups excluding carboxylic acids is 3. The fourth-order valence-corrected chi connectivity index (χ4v) is 3.85. The van der Waals surface area contributed by atoms with Crippen LogP contribution in [0.2, 0.25) is 0 Å². The summed E-state index contributed by atoms with van der Waals surface area (Å²) in [6.07, 6.45) is -0.240. The molecule has 1 fully saturated rings. The van der Waals surface area contributed by atoms with E-state index in [-0.39, 0.29) is 13.0 Å². The molecular formula is C26H24FN3O4. The van der Waals surface area contributed by atoms with Gasteiger partial charge in [0, 0.05) is 12.2 Å². The molecule has 34 heavy (non-hydrogen) atoms. The van der Waals surface area contributed by atoms with E-state index in [0.29, 0.717) is 29.3 Å². The standard InChI is InChI=1S/C26H24FN3O4/c1-2-34-22-13-11-20(12-14-22)28-24(31)16-23-25(32)30(21-9-4-3-5-10-21)26(33)29(23)17-18-7-6-8-19(27)15-18/h3-15,23H,2,16-17H2,1H3,(H,28,31)/t23-/m0/s1. The van der Waals surface area contributed by atoms with Gasteiger partial charge in [-0.15, -0.1) is 0 Å². The molecule has 4 amide bonds. The summed E-state index contributed by atoms with van der Waals surface area (Å²) in [6, 6.07) is 19.6. The molecule has 0 aliphatic carbocycles. The Morgan fingerprint density at radius 1 is 1.00 bits per heavy atom. The number of nitrogens with zero attached hydrogens (tertiary/aromatic N) is 2. The number of para-hydroxylation sites is 1. The van der Waals surface area contributed by atoms with Gasteiger partial charge in [-0.3, -0.25) is 9.59 Å². The van der Waals surface area contributed by atoms with Crippen molar-refractivity contribution in [3.8, 4) is 5.75 Å². The molecule has 8 heteroatoms. The van der Waals surface area contributed by atoms with Crippen molar-refractivity contribution < 1.29 is 23.5 Å². The number of halogens is 1. The van der Waals surface area contributed by atoms with Crippen LogP contribution in [0.1, 0.15) is 18.9 Å². The minimum Gasteiger partial charge on any atom is -0.494 e. The van der Waals surface area contributed by atoms with E-state index >= 15 is 0 Å². The molecule has 3 aromatic rings. The number of ether oxygens (including phenoxy) is 1. The van der Waals surface area contributed by atoms with Crippen molar-refractivity contribution in [2.75, 3.05) is 16.8 Å². The molecule has 0 spiro atoms. The molecule has 1 N–H and O–H groups in total. The topological polar surface area (TPSA) is 79.0 Å². The molecule has 0 bridgehead atoms. The number of anilines is 2. The molecule has 1 aliphatic rings. The fourth-order valence-electron chi connectivity index (χ4n) is 3.85. The number of carbonyl (C=O) groups is 3. The smallest absolute Gasteiger partial charge is 0.332 e. The molecule has 174 valence electrons.